The Morgan fingerprint density at radius 2 is 1.72 bits per heavy atom. The molecule has 3 aromatic rings. The molecule has 150 valence electrons. The van der Waals surface area contributed by atoms with Crippen LogP contribution in [0.4, 0.5) is 21.8 Å². The number of hydrogen-bond acceptors (Lipinski definition) is 7. The van der Waals surface area contributed by atoms with E-state index in [9.17, 15) is 4.39 Å². The lowest BCUT2D eigenvalue weighted by atomic mass is 10.2. The normalized spacial score (nSPS) is 14.0. The Morgan fingerprint density at radius 3 is 2.52 bits per heavy atom. The number of piperazine rings is 1. The molecule has 8 heteroatoms. The van der Waals surface area contributed by atoms with Gasteiger partial charge in [0.15, 0.2) is 5.82 Å². The molecule has 1 aromatic heterocycles. The second-order valence-electron chi connectivity index (χ2n) is 6.73. The predicted molar refractivity (Wildman–Crippen MR) is 111 cm³/mol. The minimum Gasteiger partial charge on any atom is -0.495 e. The molecule has 0 amide bonds. The van der Waals surface area contributed by atoms with Gasteiger partial charge < -0.3 is 19.9 Å². The van der Waals surface area contributed by atoms with E-state index in [2.05, 4.69) is 36.4 Å². The number of benzene rings is 2. The van der Waals surface area contributed by atoms with Gasteiger partial charge in [-0.25, -0.2) is 4.39 Å². The number of para-hydroxylation sites is 2. The van der Waals surface area contributed by atoms with Crippen molar-refractivity contribution in [3.8, 4) is 5.75 Å². The molecular formula is C21H23FN6O. The van der Waals surface area contributed by atoms with Crippen molar-refractivity contribution in [1.29, 1.82) is 0 Å². The number of aromatic nitrogens is 3. The summed E-state index contributed by atoms with van der Waals surface area (Å²) < 4.78 is 19.3. The number of nitrogens with zero attached hydrogens (tertiary/aromatic N) is 5. The van der Waals surface area contributed by atoms with Crippen LogP contribution in [0.5, 0.6) is 5.75 Å². The second-order valence-corrected chi connectivity index (χ2v) is 6.73. The Bertz CT molecular complexity index is 961. The Morgan fingerprint density at radius 1 is 1.00 bits per heavy atom. The maximum Gasteiger partial charge on any atom is 0.244 e. The van der Waals surface area contributed by atoms with Crippen LogP contribution in [-0.2, 0) is 6.54 Å². The second kappa shape index (κ2) is 8.72. The number of rotatable bonds is 6. The maximum atomic E-state index is 13.8. The molecule has 1 aliphatic heterocycles. The van der Waals surface area contributed by atoms with Crippen LogP contribution in [0.3, 0.4) is 0 Å². The first-order valence-electron chi connectivity index (χ1n) is 9.54. The van der Waals surface area contributed by atoms with Crippen molar-refractivity contribution in [2.45, 2.75) is 6.54 Å². The molecule has 2 heterocycles. The summed E-state index contributed by atoms with van der Waals surface area (Å²) in [6.45, 7) is 3.62. The average molecular weight is 394 g/mol. The molecule has 1 fully saturated rings. The molecular weight excluding hydrogens is 371 g/mol. The van der Waals surface area contributed by atoms with Gasteiger partial charge in [-0.05, 0) is 18.2 Å². The molecule has 1 N–H and O–H groups in total. The number of nitrogens with one attached hydrogen (secondary N) is 1. The Labute approximate surface area is 169 Å². The maximum absolute atomic E-state index is 13.8. The smallest absolute Gasteiger partial charge is 0.244 e. The van der Waals surface area contributed by atoms with Crippen molar-refractivity contribution in [2.75, 3.05) is 48.4 Å². The van der Waals surface area contributed by atoms with E-state index in [4.69, 9.17) is 4.74 Å². The van der Waals surface area contributed by atoms with Gasteiger partial charge in [0.1, 0.15) is 11.6 Å². The van der Waals surface area contributed by atoms with E-state index < -0.39 is 0 Å². The Kier molecular flexibility index (Phi) is 5.69. The number of methoxy groups -OCH3 is 1. The summed E-state index contributed by atoms with van der Waals surface area (Å²) in [6, 6.07) is 14.7. The summed E-state index contributed by atoms with van der Waals surface area (Å²) in [7, 11) is 1.69. The fourth-order valence-corrected chi connectivity index (χ4v) is 3.41. The van der Waals surface area contributed by atoms with Gasteiger partial charge in [0.25, 0.3) is 0 Å². The van der Waals surface area contributed by atoms with Crippen LogP contribution >= 0.6 is 0 Å². The largest absolute Gasteiger partial charge is 0.495 e. The summed E-state index contributed by atoms with van der Waals surface area (Å²) >= 11 is 0. The van der Waals surface area contributed by atoms with Crippen LogP contribution in [0.15, 0.2) is 54.7 Å². The lowest BCUT2D eigenvalue weighted by Gasteiger charge is -2.37. The average Bonchev–Trinajstić information content (AvgIpc) is 2.79. The molecule has 7 nitrogen and oxygen atoms in total. The molecule has 1 aliphatic rings. The van der Waals surface area contributed by atoms with Gasteiger partial charge in [-0.15, -0.1) is 5.10 Å². The van der Waals surface area contributed by atoms with Gasteiger partial charge >= 0.3 is 0 Å². The van der Waals surface area contributed by atoms with Crippen molar-refractivity contribution < 1.29 is 9.13 Å². The zero-order valence-corrected chi connectivity index (χ0v) is 16.3. The van der Waals surface area contributed by atoms with E-state index in [0.717, 1.165) is 43.4 Å². The summed E-state index contributed by atoms with van der Waals surface area (Å²) in [6.07, 6.45) is 1.66. The lowest BCUT2D eigenvalue weighted by molar-refractivity contribution is 0.413. The third kappa shape index (κ3) is 4.37. The quantitative estimate of drug-likeness (QED) is 0.689. The summed E-state index contributed by atoms with van der Waals surface area (Å²) in [4.78, 5) is 9.03. The third-order valence-electron chi connectivity index (χ3n) is 4.97. The van der Waals surface area contributed by atoms with Crippen LogP contribution in [-0.4, -0.2) is 48.5 Å². The molecule has 2 aromatic carbocycles. The summed E-state index contributed by atoms with van der Waals surface area (Å²) in [5.74, 6) is 1.77. The molecule has 0 saturated carbocycles. The minimum atomic E-state index is -0.253. The first-order chi connectivity index (χ1) is 14.2. The molecule has 0 atom stereocenters. The number of ether oxygens (including phenoxy) is 1. The van der Waals surface area contributed by atoms with Crippen LogP contribution in [0.1, 0.15) is 5.56 Å². The highest BCUT2D eigenvalue weighted by atomic mass is 19.1. The monoisotopic (exact) mass is 394 g/mol. The zero-order chi connectivity index (χ0) is 20.1. The first kappa shape index (κ1) is 18.9. The Hall–Kier alpha value is -3.42. The summed E-state index contributed by atoms with van der Waals surface area (Å²) in [5.41, 5.74) is 1.66. The molecule has 0 bridgehead atoms. The van der Waals surface area contributed by atoms with Gasteiger partial charge in [0, 0.05) is 38.3 Å². The van der Waals surface area contributed by atoms with Crippen molar-refractivity contribution in [2.24, 2.45) is 0 Å². The lowest BCUT2D eigenvalue weighted by Crippen LogP contribution is -2.47. The molecule has 29 heavy (non-hydrogen) atoms. The topological polar surface area (TPSA) is 66.4 Å². The van der Waals surface area contributed by atoms with E-state index in [1.807, 2.05) is 18.2 Å². The van der Waals surface area contributed by atoms with Gasteiger partial charge in [-0.3, -0.25) is 0 Å². The predicted octanol–water partition coefficient (Wildman–Crippen LogP) is 2.96. The van der Waals surface area contributed by atoms with Gasteiger partial charge in [-0.2, -0.15) is 10.1 Å². The fourth-order valence-electron chi connectivity index (χ4n) is 3.41. The fraction of sp³-hybridized carbons (Fsp3) is 0.286. The molecule has 0 aliphatic carbocycles. The number of hydrogen-bond donors (Lipinski definition) is 1. The van der Waals surface area contributed by atoms with E-state index >= 15 is 0 Å². The summed E-state index contributed by atoms with van der Waals surface area (Å²) in [5, 5.41) is 11.1. The van der Waals surface area contributed by atoms with Crippen LogP contribution in [0.2, 0.25) is 0 Å². The number of halogens is 1. The molecule has 0 radical (unpaired) electrons. The molecule has 1 saturated heterocycles. The molecule has 0 unspecified atom stereocenters. The van der Waals surface area contributed by atoms with Crippen molar-refractivity contribution in [3.05, 3.63) is 66.1 Å². The standard InChI is InChI=1S/C21H23FN6O/c1-29-19-9-5-4-8-18(19)27-10-12-28(13-11-27)20-15-24-26-21(25-20)23-14-16-6-2-3-7-17(16)22/h2-9,15H,10-14H2,1H3,(H,23,25,26). The highest BCUT2D eigenvalue weighted by molar-refractivity contribution is 5.59. The van der Waals surface area contributed by atoms with Crippen LogP contribution in [0.25, 0.3) is 0 Å². The van der Waals surface area contributed by atoms with Crippen molar-refractivity contribution in [3.63, 3.8) is 0 Å². The van der Waals surface area contributed by atoms with Crippen molar-refractivity contribution >= 4 is 17.5 Å². The van der Waals surface area contributed by atoms with Crippen LogP contribution in [0, 0.1) is 5.82 Å². The third-order valence-corrected chi connectivity index (χ3v) is 4.97. The van der Waals surface area contributed by atoms with Gasteiger partial charge in [0.2, 0.25) is 5.95 Å². The Balaban J connectivity index is 1.39. The van der Waals surface area contributed by atoms with Gasteiger partial charge in [-0.1, -0.05) is 30.3 Å². The van der Waals surface area contributed by atoms with Gasteiger partial charge in [0.05, 0.1) is 19.0 Å². The number of anilines is 3. The molecule has 4 rings (SSSR count). The highest BCUT2D eigenvalue weighted by Gasteiger charge is 2.21. The van der Waals surface area contributed by atoms with Crippen molar-refractivity contribution in [1.82, 2.24) is 15.2 Å². The van der Waals surface area contributed by atoms with E-state index in [1.54, 1.807) is 31.5 Å². The van der Waals surface area contributed by atoms with E-state index in [-0.39, 0.29) is 5.82 Å². The van der Waals surface area contributed by atoms with Crippen LogP contribution < -0.4 is 19.9 Å². The highest BCUT2D eigenvalue weighted by Crippen LogP contribution is 2.29. The van der Waals surface area contributed by atoms with E-state index in [0.29, 0.717) is 18.1 Å². The minimum absolute atomic E-state index is 0.253. The SMILES string of the molecule is COc1ccccc1N1CCN(c2cnnc(NCc3ccccc3F)n2)CC1. The zero-order valence-electron chi connectivity index (χ0n) is 16.3. The van der Waals surface area contributed by atoms with E-state index in [1.165, 1.54) is 6.07 Å². The first-order valence-corrected chi connectivity index (χ1v) is 9.54. The molecule has 0 spiro atoms.